The third-order valence-corrected chi connectivity index (χ3v) is 1.63. The van der Waals surface area contributed by atoms with E-state index >= 15 is 0 Å². The van der Waals surface area contributed by atoms with E-state index in [2.05, 4.69) is 26.5 Å². The lowest BCUT2D eigenvalue weighted by Crippen LogP contribution is -1.82. The molecule has 0 atom stereocenters. The SMILES string of the molecule is C#Cc1cccc(-c2nn[nH]n2)c1. The van der Waals surface area contributed by atoms with Gasteiger partial charge in [0.1, 0.15) is 0 Å². The number of H-pyrrole nitrogens is 1. The van der Waals surface area contributed by atoms with Gasteiger partial charge in [-0.2, -0.15) is 5.21 Å². The number of aromatic nitrogens is 4. The number of nitrogens with one attached hydrogen (secondary N) is 1. The van der Waals surface area contributed by atoms with Crippen LogP contribution in [0.25, 0.3) is 11.4 Å². The third-order valence-electron chi connectivity index (χ3n) is 1.63. The number of nitrogens with zero attached hydrogens (tertiary/aromatic N) is 3. The van der Waals surface area contributed by atoms with Crippen LogP contribution in [0.15, 0.2) is 24.3 Å². The summed E-state index contributed by atoms with van der Waals surface area (Å²) >= 11 is 0. The number of hydrogen-bond acceptors (Lipinski definition) is 3. The van der Waals surface area contributed by atoms with Crippen molar-refractivity contribution >= 4 is 0 Å². The van der Waals surface area contributed by atoms with Gasteiger partial charge >= 0.3 is 0 Å². The molecule has 0 spiro atoms. The minimum Gasteiger partial charge on any atom is -0.177 e. The van der Waals surface area contributed by atoms with Crippen molar-refractivity contribution in [3.63, 3.8) is 0 Å². The highest BCUT2D eigenvalue weighted by Crippen LogP contribution is 2.13. The summed E-state index contributed by atoms with van der Waals surface area (Å²) in [5, 5.41) is 13.5. The summed E-state index contributed by atoms with van der Waals surface area (Å²) in [7, 11) is 0. The van der Waals surface area contributed by atoms with Gasteiger partial charge in [0.25, 0.3) is 0 Å². The summed E-state index contributed by atoms with van der Waals surface area (Å²) in [6.07, 6.45) is 5.26. The third kappa shape index (κ3) is 1.40. The summed E-state index contributed by atoms with van der Waals surface area (Å²) in [5.74, 6) is 3.10. The molecule has 4 heteroatoms. The van der Waals surface area contributed by atoms with Crippen LogP contribution in [0.2, 0.25) is 0 Å². The van der Waals surface area contributed by atoms with E-state index in [0.717, 1.165) is 11.1 Å². The second kappa shape index (κ2) is 3.07. The first-order chi connectivity index (χ1) is 6.40. The molecule has 1 heterocycles. The Hall–Kier alpha value is -2.15. The lowest BCUT2D eigenvalue weighted by Gasteiger charge is -1.94. The highest BCUT2D eigenvalue weighted by atomic mass is 15.5. The Morgan fingerprint density at radius 1 is 1.38 bits per heavy atom. The zero-order valence-electron chi connectivity index (χ0n) is 6.73. The van der Waals surface area contributed by atoms with Gasteiger partial charge in [0.05, 0.1) is 0 Å². The molecule has 0 aliphatic carbocycles. The second-order valence-electron chi connectivity index (χ2n) is 2.46. The van der Waals surface area contributed by atoms with Crippen LogP contribution in [0.3, 0.4) is 0 Å². The van der Waals surface area contributed by atoms with Crippen molar-refractivity contribution in [3.05, 3.63) is 29.8 Å². The zero-order chi connectivity index (χ0) is 9.10. The van der Waals surface area contributed by atoms with Crippen molar-refractivity contribution in [1.82, 2.24) is 20.6 Å². The molecule has 0 unspecified atom stereocenters. The highest BCUT2D eigenvalue weighted by molar-refractivity contribution is 5.57. The average molecular weight is 170 g/mol. The molecule has 0 saturated heterocycles. The van der Waals surface area contributed by atoms with E-state index in [4.69, 9.17) is 6.42 Å². The standard InChI is InChI=1S/C9H6N4/c1-2-7-4-3-5-8(6-7)9-10-12-13-11-9/h1,3-6H,(H,10,11,12,13). The largest absolute Gasteiger partial charge is 0.204 e. The van der Waals surface area contributed by atoms with Crippen molar-refractivity contribution in [2.24, 2.45) is 0 Å². The first kappa shape index (κ1) is 7.50. The first-order valence-corrected chi connectivity index (χ1v) is 3.70. The zero-order valence-corrected chi connectivity index (χ0v) is 6.73. The molecule has 0 saturated carbocycles. The lowest BCUT2D eigenvalue weighted by atomic mass is 10.1. The lowest BCUT2D eigenvalue weighted by molar-refractivity contribution is 0.881. The Bertz CT molecular complexity index is 439. The maximum atomic E-state index is 5.26. The number of tetrazole rings is 1. The predicted octanol–water partition coefficient (Wildman–Crippen LogP) is 0.848. The van der Waals surface area contributed by atoms with Gasteiger partial charge in [-0.05, 0) is 17.3 Å². The number of hydrogen-bond donors (Lipinski definition) is 1. The van der Waals surface area contributed by atoms with Gasteiger partial charge in [-0.25, -0.2) is 0 Å². The fourth-order valence-electron chi connectivity index (χ4n) is 1.03. The van der Waals surface area contributed by atoms with Crippen LogP contribution < -0.4 is 0 Å². The van der Waals surface area contributed by atoms with E-state index in [1.54, 1.807) is 0 Å². The van der Waals surface area contributed by atoms with E-state index in [9.17, 15) is 0 Å². The first-order valence-electron chi connectivity index (χ1n) is 3.70. The van der Waals surface area contributed by atoms with Crippen molar-refractivity contribution in [2.75, 3.05) is 0 Å². The molecule has 0 aliphatic rings. The number of terminal acetylenes is 1. The number of benzene rings is 1. The molecule has 1 aromatic heterocycles. The quantitative estimate of drug-likeness (QED) is 0.645. The Labute approximate surface area is 75.0 Å². The van der Waals surface area contributed by atoms with E-state index in [1.165, 1.54) is 0 Å². The van der Waals surface area contributed by atoms with Crippen molar-refractivity contribution < 1.29 is 0 Å². The normalized spacial score (nSPS) is 9.46. The van der Waals surface area contributed by atoms with Crippen LogP contribution in [-0.2, 0) is 0 Å². The topological polar surface area (TPSA) is 54.5 Å². The van der Waals surface area contributed by atoms with Gasteiger partial charge in [0, 0.05) is 11.1 Å². The van der Waals surface area contributed by atoms with Gasteiger partial charge < -0.3 is 0 Å². The molecule has 62 valence electrons. The van der Waals surface area contributed by atoms with Crippen LogP contribution in [0.1, 0.15) is 5.56 Å². The second-order valence-corrected chi connectivity index (χ2v) is 2.46. The van der Waals surface area contributed by atoms with Crippen LogP contribution >= 0.6 is 0 Å². The van der Waals surface area contributed by atoms with Gasteiger partial charge in [-0.15, -0.1) is 16.6 Å². The summed E-state index contributed by atoms with van der Waals surface area (Å²) in [6, 6.07) is 7.43. The molecule has 13 heavy (non-hydrogen) atoms. The molecule has 4 nitrogen and oxygen atoms in total. The Morgan fingerprint density at radius 2 is 2.31 bits per heavy atom. The van der Waals surface area contributed by atoms with Gasteiger partial charge in [0.15, 0.2) is 0 Å². The van der Waals surface area contributed by atoms with Crippen LogP contribution in [0.5, 0.6) is 0 Å². The predicted molar refractivity (Wildman–Crippen MR) is 47.5 cm³/mol. The summed E-state index contributed by atoms with van der Waals surface area (Å²) in [5.41, 5.74) is 1.67. The van der Waals surface area contributed by atoms with Gasteiger partial charge in [-0.1, -0.05) is 18.1 Å². The molecule has 1 aromatic carbocycles. The molecule has 0 bridgehead atoms. The number of aromatic amines is 1. The summed E-state index contributed by atoms with van der Waals surface area (Å²) in [4.78, 5) is 0. The maximum absolute atomic E-state index is 5.26. The van der Waals surface area contributed by atoms with Crippen molar-refractivity contribution in [1.29, 1.82) is 0 Å². The summed E-state index contributed by atoms with van der Waals surface area (Å²) < 4.78 is 0. The monoisotopic (exact) mass is 170 g/mol. The van der Waals surface area contributed by atoms with E-state index < -0.39 is 0 Å². The van der Waals surface area contributed by atoms with Gasteiger partial charge in [0.2, 0.25) is 5.82 Å². The van der Waals surface area contributed by atoms with Crippen LogP contribution in [-0.4, -0.2) is 20.6 Å². The van der Waals surface area contributed by atoms with E-state index in [-0.39, 0.29) is 0 Å². The Morgan fingerprint density at radius 3 is 3.00 bits per heavy atom. The fraction of sp³-hybridized carbons (Fsp3) is 0. The molecule has 2 rings (SSSR count). The van der Waals surface area contributed by atoms with E-state index in [0.29, 0.717) is 5.82 Å². The molecular formula is C9H6N4. The molecule has 1 N–H and O–H groups in total. The molecule has 2 aromatic rings. The minimum absolute atomic E-state index is 0.553. The van der Waals surface area contributed by atoms with Crippen LogP contribution in [0, 0.1) is 12.3 Å². The molecular weight excluding hydrogens is 164 g/mol. The van der Waals surface area contributed by atoms with Crippen molar-refractivity contribution in [2.45, 2.75) is 0 Å². The highest BCUT2D eigenvalue weighted by Gasteiger charge is 2.01. The maximum Gasteiger partial charge on any atom is 0.204 e. The molecule has 0 fully saturated rings. The van der Waals surface area contributed by atoms with E-state index in [1.807, 2.05) is 24.3 Å². The molecule has 0 radical (unpaired) electrons. The fourth-order valence-corrected chi connectivity index (χ4v) is 1.03. The Kier molecular flexibility index (Phi) is 1.77. The van der Waals surface area contributed by atoms with Crippen LogP contribution in [0.4, 0.5) is 0 Å². The van der Waals surface area contributed by atoms with Gasteiger partial charge in [-0.3, -0.25) is 0 Å². The smallest absolute Gasteiger partial charge is 0.177 e. The van der Waals surface area contributed by atoms with Crippen molar-refractivity contribution in [3.8, 4) is 23.7 Å². The number of rotatable bonds is 1. The summed E-state index contributed by atoms with van der Waals surface area (Å²) in [6.45, 7) is 0. The minimum atomic E-state index is 0.553. The molecule has 0 aliphatic heterocycles. The Balaban J connectivity index is 2.49. The average Bonchev–Trinajstić information content (AvgIpc) is 2.71. The molecule has 0 amide bonds.